The quantitative estimate of drug-likeness (QED) is 0.379. The van der Waals surface area contributed by atoms with Crippen molar-refractivity contribution in [2.45, 2.75) is 40.5 Å². The highest BCUT2D eigenvalue weighted by molar-refractivity contribution is 7.13. The number of aryl methyl sites for hydroxylation is 4. The first-order valence-electron chi connectivity index (χ1n) is 9.00. The van der Waals surface area contributed by atoms with Crippen LogP contribution < -0.4 is 0 Å². The summed E-state index contributed by atoms with van der Waals surface area (Å²) in [7, 11) is 0. The van der Waals surface area contributed by atoms with Crippen molar-refractivity contribution < 1.29 is 0 Å². The van der Waals surface area contributed by atoms with Gasteiger partial charge >= 0.3 is 0 Å². The standard InChI is InChI=1S/C22H20N2S/c1-5-13-7-9-15-18-16(10-8-14(6-2)17(13)18)22-21(15)23-19-11(3)25-12(4)20(19)24-22/h7-10H,5-6H2,1-4H3. The number of fused-ring (bicyclic) bond motifs is 4. The molecule has 124 valence electrons. The van der Waals surface area contributed by atoms with Gasteiger partial charge in [0.25, 0.3) is 0 Å². The highest BCUT2D eigenvalue weighted by Gasteiger charge is 2.27. The molecule has 2 heterocycles. The van der Waals surface area contributed by atoms with Gasteiger partial charge < -0.3 is 0 Å². The smallest absolute Gasteiger partial charge is 0.103 e. The van der Waals surface area contributed by atoms with Crippen molar-refractivity contribution in [2.75, 3.05) is 0 Å². The third-order valence-electron chi connectivity index (χ3n) is 5.47. The minimum Gasteiger partial charge on any atom is -0.243 e. The van der Waals surface area contributed by atoms with Crippen LogP contribution in [0, 0.1) is 13.8 Å². The number of hydrogen-bond donors (Lipinski definition) is 0. The van der Waals surface area contributed by atoms with Crippen molar-refractivity contribution in [3.63, 3.8) is 0 Å². The average Bonchev–Trinajstić information content (AvgIpc) is 3.10. The number of aromatic nitrogens is 2. The number of hydrogen-bond acceptors (Lipinski definition) is 3. The molecule has 0 saturated carbocycles. The van der Waals surface area contributed by atoms with Crippen molar-refractivity contribution in [1.82, 2.24) is 9.97 Å². The topological polar surface area (TPSA) is 25.8 Å². The monoisotopic (exact) mass is 344 g/mol. The van der Waals surface area contributed by atoms with Crippen LogP contribution in [0.15, 0.2) is 24.3 Å². The molecular formula is C22H20N2S. The summed E-state index contributed by atoms with van der Waals surface area (Å²) < 4.78 is 0. The molecular weight excluding hydrogens is 324 g/mol. The molecule has 5 rings (SSSR count). The first-order valence-corrected chi connectivity index (χ1v) is 9.81. The van der Waals surface area contributed by atoms with Crippen molar-refractivity contribution in [2.24, 2.45) is 0 Å². The molecule has 0 N–H and O–H groups in total. The minimum absolute atomic E-state index is 1.05. The molecule has 0 bridgehead atoms. The molecule has 2 aromatic carbocycles. The van der Waals surface area contributed by atoms with Crippen LogP contribution in [-0.4, -0.2) is 9.97 Å². The van der Waals surface area contributed by atoms with Crippen LogP contribution in [0.3, 0.4) is 0 Å². The molecule has 0 fully saturated rings. The number of nitrogens with zero attached hydrogens (tertiary/aromatic N) is 2. The van der Waals surface area contributed by atoms with E-state index in [0.29, 0.717) is 0 Å². The molecule has 0 amide bonds. The molecule has 0 saturated heterocycles. The molecule has 0 unspecified atom stereocenters. The van der Waals surface area contributed by atoms with E-state index in [1.807, 2.05) is 0 Å². The first-order chi connectivity index (χ1) is 12.1. The molecule has 1 aliphatic rings. The van der Waals surface area contributed by atoms with Crippen molar-refractivity contribution in [3.05, 3.63) is 45.1 Å². The number of benzene rings is 2. The Hall–Kier alpha value is -2.26. The maximum atomic E-state index is 5.07. The van der Waals surface area contributed by atoms with E-state index < -0.39 is 0 Å². The van der Waals surface area contributed by atoms with Gasteiger partial charge in [0.05, 0.1) is 11.4 Å². The van der Waals surface area contributed by atoms with E-state index in [4.69, 9.17) is 9.97 Å². The van der Waals surface area contributed by atoms with Gasteiger partial charge in [0.15, 0.2) is 0 Å². The van der Waals surface area contributed by atoms with Crippen molar-refractivity contribution in [3.8, 4) is 22.5 Å². The number of rotatable bonds is 2. The SMILES string of the molecule is CCc1ccc2c3c(ccc(CC)c13)-c1nc3c(C)sc(C)c3nc1-2. The van der Waals surface area contributed by atoms with Gasteiger partial charge in [-0.15, -0.1) is 11.3 Å². The highest BCUT2D eigenvalue weighted by atomic mass is 32.1. The summed E-state index contributed by atoms with van der Waals surface area (Å²) >= 11 is 1.80. The lowest BCUT2D eigenvalue weighted by Gasteiger charge is -2.11. The second kappa shape index (κ2) is 5.12. The van der Waals surface area contributed by atoms with E-state index in [-0.39, 0.29) is 0 Å². The fourth-order valence-corrected chi connectivity index (χ4v) is 5.19. The van der Waals surface area contributed by atoms with Crippen molar-refractivity contribution in [1.29, 1.82) is 0 Å². The van der Waals surface area contributed by atoms with Gasteiger partial charge in [-0.05, 0) is 43.2 Å². The predicted octanol–water partition coefficient (Wildman–Crippen LogP) is 6.23. The molecule has 0 spiro atoms. The molecule has 0 atom stereocenters. The summed E-state index contributed by atoms with van der Waals surface area (Å²) in [5, 5.41) is 2.79. The van der Waals surface area contributed by atoms with Crippen LogP contribution >= 0.6 is 11.3 Å². The molecule has 3 heteroatoms. The summed E-state index contributed by atoms with van der Waals surface area (Å²) in [5.41, 5.74) is 9.62. The van der Waals surface area contributed by atoms with E-state index in [1.165, 1.54) is 42.8 Å². The normalized spacial score (nSPS) is 12.3. The number of thiophene rings is 1. The second-order valence-electron chi connectivity index (χ2n) is 6.83. The van der Waals surface area contributed by atoms with Crippen LogP contribution in [-0.2, 0) is 12.8 Å². The van der Waals surface area contributed by atoms with E-state index in [2.05, 4.69) is 52.0 Å². The summed E-state index contributed by atoms with van der Waals surface area (Å²) in [6.45, 7) is 8.78. The highest BCUT2D eigenvalue weighted by Crippen LogP contribution is 2.48. The maximum absolute atomic E-state index is 5.07. The lowest BCUT2D eigenvalue weighted by atomic mass is 9.93. The van der Waals surface area contributed by atoms with E-state index in [1.54, 1.807) is 11.3 Å². The second-order valence-corrected chi connectivity index (χ2v) is 8.26. The van der Waals surface area contributed by atoms with Crippen molar-refractivity contribution >= 4 is 33.1 Å². The molecule has 0 aliphatic heterocycles. The Labute approximate surface area is 151 Å². The van der Waals surface area contributed by atoms with E-state index >= 15 is 0 Å². The van der Waals surface area contributed by atoms with Gasteiger partial charge in [0.1, 0.15) is 11.0 Å². The van der Waals surface area contributed by atoms with Crippen LogP contribution in [0.4, 0.5) is 0 Å². The molecule has 1 aliphatic carbocycles. The molecule has 0 radical (unpaired) electrons. The van der Waals surface area contributed by atoms with Crippen LogP contribution in [0.25, 0.3) is 44.3 Å². The molecule has 2 nitrogen and oxygen atoms in total. The van der Waals surface area contributed by atoms with Crippen LogP contribution in [0.5, 0.6) is 0 Å². The summed E-state index contributed by atoms with van der Waals surface area (Å²) in [6.07, 6.45) is 2.11. The Morgan fingerprint density at radius 2 is 1.20 bits per heavy atom. The van der Waals surface area contributed by atoms with Crippen LogP contribution in [0.1, 0.15) is 34.7 Å². The Bertz CT molecular complexity index is 1100. The molecule has 2 aromatic heterocycles. The van der Waals surface area contributed by atoms with E-state index in [0.717, 1.165) is 35.3 Å². The Morgan fingerprint density at radius 3 is 1.64 bits per heavy atom. The third kappa shape index (κ3) is 1.85. The van der Waals surface area contributed by atoms with Gasteiger partial charge in [0.2, 0.25) is 0 Å². The lowest BCUT2D eigenvalue weighted by Crippen LogP contribution is -1.91. The third-order valence-corrected chi connectivity index (χ3v) is 6.47. The van der Waals surface area contributed by atoms with Gasteiger partial charge in [-0.1, -0.05) is 38.1 Å². The fourth-order valence-electron chi connectivity index (χ4n) is 4.26. The lowest BCUT2D eigenvalue weighted by molar-refractivity contribution is 1.12. The average molecular weight is 344 g/mol. The Balaban J connectivity index is 1.96. The Kier molecular flexibility index (Phi) is 3.08. The molecule has 25 heavy (non-hydrogen) atoms. The summed E-state index contributed by atoms with van der Waals surface area (Å²) in [5.74, 6) is 0. The molecule has 4 aromatic rings. The Morgan fingerprint density at radius 1 is 0.720 bits per heavy atom. The summed E-state index contributed by atoms with van der Waals surface area (Å²) in [4.78, 5) is 12.7. The van der Waals surface area contributed by atoms with Crippen LogP contribution in [0.2, 0.25) is 0 Å². The zero-order valence-corrected chi connectivity index (χ0v) is 15.8. The maximum Gasteiger partial charge on any atom is 0.103 e. The van der Waals surface area contributed by atoms with Gasteiger partial charge in [0, 0.05) is 26.3 Å². The predicted molar refractivity (Wildman–Crippen MR) is 108 cm³/mol. The summed E-state index contributed by atoms with van der Waals surface area (Å²) in [6, 6.07) is 9.08. The zero-order valence-electron chi connectivity index (χ0n) is 15.0. The fraction of sp³-hybridized carbons (Fsp3) is 0.273. The first kappa shape index (κ1) is 15.0. The van der Waals surface area contributed by atoms with Gasteiger partial charge in [-0.3, -0.25) is 0 Å². The minimum atomic E-state index is 1.05. The van der Waals surface area contributed by atoms with Gasteiger partial charge in [-0.2, -0.15) is 0 Å². The zero-order chi connectivity index (χ0) is 17.3. The van der Waals surface area contributed by atoms with Gasteiger partial charge in [-0.25, -0.2) is 9.97 Å². The van der Waals surface area contributed by atoms with E-state index in [9.17, 15) is 0 Å². The largest absolute Gasteiger partial charge is 0.243 e.